The first-order valence-electron chi connectivity index (χ1n) is 5.67. The van der Waals surface area contributed by atoms with Crippen LogP contribution in [-0.2, 0) is 6.54 Å². The summed E-state index contributed by atoms with van der Waals surface area (Å²) in [6.45, 7) is 2.17. The minimum atomic E-state index is -0.382. The van der Waals surface area contributed by atoms with E-state index in [0.717, 1.165) is 5.56 Å². The maximum Gasteiger partial charge on any atom is 0.272 e. The van der Waals surface area contributed by atoms with Gasteiger partial charge in [0.1, 0.15) is 5.82 Å². The summed E-state index contributed by atoms with van der Waals surface area (Å²) < 4.78 is 0. The molecule has 0 radical (unpaired) electrons. The SMILES string of the molecule is Cc1c(CNc2ncccc2Cl)cccc1[N+](=O)[O-]. The van der Waals surface area contributed by atoms with Gasteiger partial charge in [-0.25, -0.2) is 4.98 Å². The van der Waals surface area contributed by atoms with Gasteiger partial charge < -0.3 is 5.32 Å². The first-order chi connectivity index (χ1) is 9.09. The maximum absolute atomic E-state index is 10.9. The predicted molar refractivity (Wildman–Crippen MR) is 74.4 cm³/mol. The van der Waals surface area contributed by atoms with Crippen LogP contribution in [0.1, 0.15) is 11.1 Å². The quantitative estimate of drug-likeness (QED) is 0.685. The van der Waals surface area contributed by atoms with Gasteiger partial charge in [0.15, 0.2) is 0 Å². The first kappa shape index (κ1) is 13.3. The van der Waals surface area contributed by atoms with Gasteiger partial charge in [-0.3, -0.25) is 10.1 Å². The number of benzene rings is 1. The van der Waals surface area contributed by atoms with E-state index in [1.54, 1.807) is 31.3 Å². The normalized spacial score (nSPS) is 10.2. The number of halogens is 1. The molecule has 0 aliphatic carbocycles. The summed E-state index contributed by atoms with van der Waals surface area (Å²) in [5, 5.41) is 14.4. The second-order valence-electron chi connectivity index (χ2n) is 4.01. The summed E-state index contributed by atoms with van der Waals surface area (Å²) in [5.74, 6) is 0.565. The van der Waals surface area contributed by atoms with Crippen LogP contribution in [-0.4, -0.2) is 9.91 Å². The molecule has 2 rings (SSSR count). The molecule has 1 heterocycles. The van der Waals surface area contributed by atoms with E-state index in [9.17, 15) is 10.1 Å². The fourth-order valence-corrected chi connectivity index (χ4v) is 1.94. The van der Waals surface area contributed by atoms with Gasteiger partial charge in [-0.15, -0.1) is 0 Å². The zero-order chi connectivity index (χ0) is 13.8. The van der Waals surface area contributed by atoms with Gasteiger partial charge in [0.25, 0.3) is 5.69 Å². The molecule has 0 atom stereocenters. The van der Waals surface area contributed by atoms with Gasteiger partial charge in [-0.2, -0.15) is 0 Å². The van der Waals surface area contributed by atoms with Crippen molar-refractivity contribution in [2.75, 3.05) is 5.32 Å². The van der Waals surface area contributed by atoms with Gasteiger partial charge in [0, 0.05) is 24.4 Å². The molecule has 0 fully saturated rings. The molecule has 1 aromatic heterocycles. The molecule has 0 aliphatic heterocycles. The third-order valence-electron chi connectivity index (χ3n) is 2.82. The lowest BCUT2D eigenvalue weighted by Gasteiger charge is -2.09. The van der Waals surface area contributed by atoms with Crippen LogP contribution in [0.2, 0.25) is 5.02 Å². The Morgan fingerprint density at radius 1 is 1.37 bits per heavy atom. The first-order valence-corrected chi connectivity index (χ1v) is 6.04. The Balaban J connectivity index is 2.19. The van der Waals surface area contributed by atoms with E-state index in [4.69, 9.17) is 11.6 Å². The third kappa shape index (κ3) is 3.00. The molecular formula is C13H12ClN3O2. The van der Waals surface area contributed by atoms with Crippen molar-refractivity contribution >= 4 is 23.1 Å². The summed E-state index contributed by atoms with van der Waals surface area (Å²) in [4.78, 5) is 14.6. The third-order valence-corrected chi connectivity index (χ3v) is 3.12. The molecule has 1 aromatic carbocycles. The van der Waals surface area contributed by atoms with Crippen LogP contribution in [0.15, 0.2) is 36.5 Å². The van der Waals surface area contributed by atoms with Crippen LogP contribution >= 0.6 is 11.6 Å². The van der Waals surface area contributed by atoms with Crippen LogP contribution in [0.3, 0.4) is 0 Å². The topological polar surface area (TPSA) is 68.1 Å². The highest BCUT2D eigenvalue weighted by molar-refractivity contribution is 6.32. The van der Waals surface area contributed by atoms with Gasteiger partial charge in [0.2, 0.25) is 0 Å². The second kappa shape index (κ2) is 5.67. The van der Waals surface area contributed by atoms with E-state index >= 15 is 0 Å². The molecule has 19 heavy (non-hydrogen) atoms. The average Bonchev–Trinajstić information content (AvgIpc) is 2.39. The Morgan fingerprint density at radius 2 is 2.16 bits per heavy atom. The summed E-state index contributed by atoms with van der Waals surface area (Å²) in [6.07, 6.45) is 1.63. The van der Waals surface area contributed by atoms with E-state index < -0.39 is 0 Å². The Bertz CT molecular complexity index is 617. The molecule has 98 valence electrons. The zero-order valence-corrected chi connectivity index (χ0v) is 11.0. The molecule has 0 saturated carbocycles. The Hall–Kier alpha value is -2.14. The summed E-state index contributed by atoms with van der Waals surface area (Å²) in [6, 6.07) is 8.48. The Kier molecular flexibility index (Phi) is 3.97. The highest BCUT2D eigenvalue weighted by Gasteiger charge is 2.13. The Labute approximate surface area is 115 Å². The number of nitro groups is 1. The number of aromatic nitrogens is 1. The standard InChI is InChI=1S/C13H12ClN3O2/c1-9-10(4-2-6-12(9)17(18)19)8-16-13-11(14)5-3-7-15-13/h2-7H,8H2,1H3,(H,15,16). The number of rotatable bonds is 4. The lowest BCUT2D eigenvalue weighted by molar-refractivity contribution is -0.385. The largest absolute Gasteiger partial charge is 0.365 e. The average molecular weight is 278 g/mol. The fourth-order valence-electron chi connectivity index (χ4n) is 1.75. The van der Waals surface area contributed by atoms with E-state index in [2.05, 4.69) is 10.3 Å². The number of nitrogens with zero attached hydrogens (tertiary/aromatic N) is 2. The fraction of sp³-hybridized carbons (Fsp3) is 0.154. The molecule has 0 bridgehead atoms. The number of pyridine rings is 1. The molecule has 0 unspecified atom stereocenters. The lowest BCUT2D eigenvalue weighted by Crippen LogP contribution is -2.04. The smallest absolute Gasteiger partial charge is 0.272 e. The molecule has 0 amide bonds. The Morgan fingerprint density at radius 3 is 2.84 bits per heavy atom. The van der Waals surface area contributed by atoms with Gasteiger partial charge in [-0.1, -0.05) is 23.7 Å². The van der Waals surface area contributed by atoms with Crippen molar-refractivity contribution in [2.45, 2.75) is 13.5 Å². The molecular weight excluding hydrogens is 266 g/mol. The molecule has 1 N–H and O–H groups in total. The van der Waals surface area contributed by atoms with Crippen LogP contribution < -0.4 is 5.32 Å². The zero-order valence-electron chi connectivity index (χ0n) is 10.3. The number of hydrogen-bond donors (Lipinski definition) is 1. The van der Waals surface area contributed by atoms with E-state index in [0.29, 0.717) is 22.9 Å². The molecule has 2 aromatic rings. The second-order valence-corrected chi connectivity index (χ2v) is 4.41. The number of nitro benzene ring substituents is 1. The van der Waals surface area contributed by atoms with Crippen molar-refractivity contribution in [3.05, 3.63) is 62.8 Å². The maximum atomic E-state index is 10.9. The van der Waals surface area contributed by atoms with Crippen LogP contribution in [0.25, 0.3) is 0 Å². The summed E-state index contributed by atoms with van der Waals surface area (Å²) in [7, 11) is 0. The minimum absolute atomic E-state index is 0.117. The van der Waals surface area contributed by atoms with Crippen molar-refractivity contribution in [2.24, 2.45) is 0 Å². The van der Waals surface area contributed by atoms with Gasteiger partial charge in [0.05, 0.1) is 9.95 Å². The molecule has 5 nitrogen and oxygen atoms in total. The van der Waals surface area contributed by atoms with E-state index in [-0.39, 0.29) is 10.6 Å². The number of anilines is 1. The van der Waals surface area contributed by atoms with Crippen molar-refractivity contribution in [1.82, 2.24) is 4.98 Å². The molecule has 0 saturated heterocycles. The van der Waals surface area contributed by atoms with E-state index in [1.807, 2.05) is 6.07 Å². The van der Waals surface area contributed by atoms with E-state index in [1.165, 1.54) is 6.07 Å². The predicted octanol–water partition coefficient (Wildman–Crippen LogP) is 3.56. The molecule has 6 heteroatoms. The van der Waals surface area contributed by atoms with Gasteiger partial charge >= 0.3 is 0 Å². The minimum Gasteiger partial charge on any atom is -0.365 e. The van der Waals surface area contributed by atoms with Crippen molar-refractivity contribution in [3.63, 3.8) is 0 Å². The monoisotopic (exact) mass is 277 g/mol. The van der Waals surface area contributed by atoms with Crippen LogP contribution in [0, 0.1) is 17.0 Å². The molecule has 0 aliphatic rings. The highest BCUT2D eigenvalue weighted by Crippen LogP contribution is 2.23. The number of hydrogen-bond acceptors (Lipinski definition) is 4. The highest BCUT2D eigenvalue weighted by atomic mass is 35.5. The summed E-state index contributed by atoms with van der Waals surface area (Å²) in [5.41, 5.74) is 1.61. The van der Waals surface area contributed by atoms with Crippen molar-refractivity contribution in [3.8, 4) is 0 Å². The van der Waals surface area contributed by atoms with Crippen molar-refractivity contribution in [1.29, 1.82) is 0 Å². The summed E-state index contributed by atoms with van der Waals surface area (Å²) >= 11 is 5.98. The van der Waals surface area contributed by atoms with Crippen molar-refractivity contribution < 1.29 is 4.92 Å². The molecule has 0 spiro atoms. The van der Waals surface area contributed by atoms with Gasteiger partial charge in [-0.05, 0) is 24.6 Å². The number of nitrogens with one attached hydrogen (secondary N) is 1. The van der Waals surface area contributed by atoms with Crippen LogP contribution in [0.5, 0.6) is 0 Å². The lowest BCUT2D eigenvalue weighted by atomic mass is 10.1. The van der Waals surface area contributed by atoms with Crippen LogP contribution in [0.4, 0.5) is 11.5 Å².